The fraction of sp³-hybridized carbons (Fsp3) is 0.571. The number of hydrogen-bond acceptors (Lipinski definition) is 4. The number of nitrogens with zero attached hydrogens (tertiary/aromatic N) is 2. The van der Waals surface area contributed by atoms with Crippen molar-refractivity contribution in [2.45, 2.75) is 19.5 Å². The molecule has 0 bridgehead atoms. The molecule has 1 aliphatic heterocycles. The van der Waals surface area contributed by atoms with Gasteiger partial charge in [0.2, 0.25) is 0 Å². The lowest BCUT2D eigenvalue weighted by Crippen LogP contribution is -2.49. The first kappa shape index (κ1) is 13.2. The number of phenols is 1. The number of phenolic OH excluding ortho intramolecular Hbond substituents is 1. The van der Waals surface area contributed by atoms with Crippen LogP contribution in [0.2, 0.25) is 0 Å². The SMILES string of the molecule is COc1ccc(CN2CCN(C)C(C)C2)cc1O. The average molecular weight is 250 g/mol. The van der Waals surface area contributed by atoms with Crippen LogP contribution < -0.4 is 4.74 Å². The Morgan fingerprint density at radius 2 is 2.17 bits per heavy atom. The zero-order chi connectivity index (χ0) is 13.1. The summed E-state index contributed by atoms with van der Waals surface area (Å²) in [6, 6.07) is 6.22. The fourth-order valence-electron chi connectivity index (χ4n) is 2.36. The topological polar surface area (TPSA) is 35.9 Å². The normalized spacial score (nSPS) is 22.1. The molecule has 1 aromatic rings. The van der Waals surface area contributed by atoms with E-state index in [0.29, 0.717) is 11.8 Å². The van der Waals surface area contributed by atoms with Crippen LogP contribution in [0.25, 0.3) is 0 Å². The van der Waals surface area contributed by atoms with Crippen LogP contribution in [0.5, 0.6) is 11.5 Å². The molecule has 4 heteroatoms. The van der Waals surface area contributed by atoms with Gasteiger partial charge in [-0.15, -0.1) is 0 Å². The van der Waals surface area contributed by atoms with E-state index in [2.05, 4.69) is 23.8 Å². The molecular formula is C14H22N2O2. The minimum absolute atomic E-state index is 0.220. The maximum absolute atomic E-state index is 9.76. The molecule has 0 aromatic heterocycles. The standard InChI is InChI=1S/C14H22N2O2/c1-11-9-16(7-6-15(11)2)10-12-4-5-14(18-3)13(17)8-12/h4-5,8,11,17H,6-7,9-10H2,1-3H3. The predicted octanol–water partition coefficient (Wildman–Crippen LogP) is 1.54. The van der Waals surface area contributed by atoms with Crippen molar-refractivity contribution in [1.82, 2.24) is 9.80 Å². The molecular weight excluding hydrogens is 228 g/mol. The molecule has 0 aliphatic carbocycles. The van der Waals surface area contributed by atoms with E-state index in [0.717, 1.165) is 31.7 Å². The summed E-state index contributed by atoms with van der Waals surface area (Å²) < 4.78 is 5.05. The van der Waals surface area contributed by atoms with E-state index in [9.17, 15) is 5.11 Å². The van der Waals surface area contributed by atoms with E-state index in [1.54, 1.807) is 13.2 Å². The summed E-state index contributed by atoms with van der Waals surface area (Å²) in [5.74, 6) is 0.752. The summed E-state index contributed by atoms with van der Waals surface area (Å²) in [6.07, 6.45) is 0. The molecule has 18 heavy (non-hydrogen) atoms. The molecule has 1 fully saturated rings. The first-order chi connectivity index (χ1) is 8.60. The summed E-state index contributed by atoms with van der Waals surface area (Å²) in [6.45, 7) is 6.38. The maximum Gasteiger partial charge on any atom is 0.160 e. The number of rotatable bonds is 3. The third kappa shape index (κ3) is 2.94. The van der Waals surface area contributed by atoms with Gasteiger partial charge in [-0.05, 0) is 31.7 Å². The van der Waals surface area contributed by atoms with Gasteiger partial charge in [-0.25, -0.2) is 0 Å². The van der Waals surface area contributed by atoms with Gasteiger partial charge in [0.25, 0.3) is 0 Å². The molecule has 1 atom stereocenters. The fourth-order valence-corrected chi connectivity index (χ4v) is 2.36. The molecule has 1 aromatic carbocycles. The smallest absolute Gasteiger partial charge is 0.160 e. The average Bonchev–Trinajstić information content (AvgIpc) is 2.34. The number of likely N-dealkylation sites (N-methyl/N-ethyl adjacent to an activating group) is 1. The van der Waals surface area contributed by atoms with Gasteiger partial charge in [-0.1, -0.05) is 6.07 Å². The molecule has 0 saturated carbocycles. The van der Waals surface area contributed by atoms with Gasteiger partial charge in [0.1, 0.15) is 0 Å². The molecule has 2 rings (SSSR count). The molecule has 0 amide bonds. The van der Waals surface area contributed by atoms with Crippen LogP contribution in [0.1, 0.15) is 12.5 Å². The number of methoxy groups -OCH3 is 1. The second-order valence-corrected chi connectivity index (χ2v) is 5.07. The summed E-state index contributed by atoms with van der Waals surface area (Å²) >= 11 is 0. The quantitative estimate of drug-likeness (QED) is 0.882. The van der Waals surface area contributed by atoms with Gasteiger partial charge in [-0.3, -0.25) is 4.90 Å². The lowest BCUT2D eigenvalue weighted by molar-refractivity contribution is 0.0999. The van der Waals surface area contributed by atoms with Gasteiger partial charge >= 0.3 is 0 Å². The highest BCUT2D eigenvalue weighted by Crippen LogP contribution is 2.27. The minimum atomic E-state index is 0.220. The Balaban J connectivity index is 1.99. The van der Waals surface area contributed by atoms with Crippen LogP contribution in [0, 0.1) is 0 Å². The highest BCUT2D eigenvalue weighted by molar-refractivity contribution is 5.41. The molecule has 100 valence electrons. The van der Waals surface area contributed by atoms with Crippen LogP contribution in [0.3, 0.4) is 0 Å². The van der Waals surface area contributed by atoms with Crippen LogP contribution in [-0.2, 0) is 6.54 Å². The third-order valence-electron chi connectivity index (χ3n) is 3.69. The molecule has 1 saturated heterocycles. The summed E-state index contributed by atoms with van der Waals surface area (Å²) in [7, 11) is 3.73. The van der Waals surface area contributed by atoms with Crippen molar-refractivity contribution in [2.75, 3.05) is 33.8 Å². The van der Waals surface area contributed by atoms with Crippen molar-refractivity contribution in [3.63, 3.8) is 0 Å². The van der Waals surface area contributed by atoms with Gasteiger partial charge in [0.05, 0.1) is 7.11 Å². The Labute approximate surface area is 109 Å². The van der Waals surface area contributed by atoms with Gasteiger partial charge in [0.15, 0.2) is 11.5 Å². The van der Waals surface area contributed by atoms with Crippen molar-refractivity contribution >= 4 is 0 Å². The second kappa shape index (κ2) is 5.59. The first-order valence-electron chi connectivity index (χ1n) is 6.38. The van der Waals surface area contributed by atoms with E-state index in [1.807, 2.05) is 12.1 Å². The first-order valence-corrected chi connectivity index (χ1v) is 6.38. The number of benzene rings is 1. The Kier molecular flexibility index (Phi) is 4.09. The van der Waals surface area contributed by atoms with E-state index < -0.39 is 0 Å². The van der Waals surface area contributed by atoms with E-state index in [-0.39, 0.29) is 5.75 Å². The van der Waals surface area contributed by atoms with Crippen LogP contribution >= 0.6 is 0 Å². The Bertz CT molecular complexity index is 409. The molecule has 0 radical (unpaired) electrons. The van der Waals surface area contributed by atoms with Crippen LogP contribution in [-0.4, -0.2) is 54.7 Å². The number of hydrogen-bond donors (Lipinski definition) is 1. The van der Waals surface area contributed by atoms with Crippen LogP contribution in [0.15, 0.2) is 18.2 Å². The highest BCUT2D eigenvalue weighted by atomic mass is 16.5. The number of piperazine rings is 1. The van der Waals surface area contributed by atoms with E-state index in [4.69, 9.17) is 4.74 Å². The second-order valence-electron chi connectivity index (χ2n) is 5.07. The largest absolute Gasteiger partial charge is 0.504 e. The van der Waals surface area contributed by atoms with E-state index >= 15 is 0 Å². The van der Waals surface area contributed by atoms with Gasteiger partial charge < -0.3 is 14.7 Å². The molecule has 1 heterocycles. The summed E-state index contributed by atoms with van der Waals surface area (Å²) in [5.41, 5.74) is 1.13. The van der Waals surface area contributed by atoms with Crippen molar-refractivity contribution in [3.8, 4) is 11.5 Å². The number of ether oxygens (including phenoxy) is 1. The molecule has 0 spiro atoms. The molecule has 4 nitrogen and oxygen atoms in total. The van der Waals surface area contributed by atoms with Crippen molar-refractivity contribution in [2.24, 2.45) is 0 Å². The summed E-state index contributed by atoms with van der Waals surface area (Å²) in [4.78, 5) is 4.80. The zero-order valence-corrected chi connectivity index (χ0v) is 11.4. The zero-order valence-electron chi connectivity index (χ0n) is 11.4. The minimum Gasteiger partial charge on any atom is -0.504 e. The van der Waals surface area contributed by atoms with Crippen molar-refractivity contribution in [3.05, 3.63) is 23.8 Å². The molecule has 1 aliphatic rings. The third-order valence-corrected chi connectivity index (χ3v) is 3.69. The molecule has 1 N–H and O–H groups in total. The van der Waals surface area contributed by atoms with Gasteiger partial charge in [-0.2, -0.15) is 0 Å². The van der Waals surface area contributed by atoms with Crippen molar-refractivity contribution in [1.29, 1.82) is 0 Å². The number of aromatic hydroxyl groups is 1. The lowest BCUT2D eigenvalue weighted by Gasteiger charge is -2.37. The molecule has 1 unspecified atom stereocenters. The Hall–Kier alpha value is -1.26. The lowest BCUT2D eigenvalue weighted by atomic mass is 10.1. The van der Waals surface area contributed by atoms with Crippen LogP contribution in [0.4, 0.5) is 0 Å². The Morgan fingerprint density at radius 1 is 1.39 bits per heavy atom. The maximum atomic E-state index is 9.76. The predicted molar refractivity (Wildman–Crippen MR) is 72.0 cm³/mol. The van der Waals surface area contributed by atoms with Crippen molar-refractivity contribution < 1.29 is 9.84 Å². The van der Waals surface area contributed by atoms with E-state index in [1.165, 1.54) is 0 Å². The van der Waals surface area contributed by atoms with Gasteiger partial charge in [0, 0.05) is 32.2 Å². The highest BCUT2D eigenvalue weighted by Gasteiger charge is 2.20. The monoisotopic (exact) mass is 250 g/mol. The Morgan fingerprint density at radius 3 is 2.78 bits per heavy atom. The summed E-state index contributed by atoms with van der Waals surface area (Å²) in [5, 5.41) is 9.76.